The first-order valence-corrected chi connectivity index (χ1v) is 7.19. The Balaban J connectivity index is 2.04. The molecule has 0 aliphatic carbocycles. The SMILES string of the molecule is Nc1ccc(S(=O)CCn2cccn2)c(Br)c1. The minimum Gasteiger partial charge on any atom is -0.399 e. The van der Waals surface area contributed by atoms with Crippen LogP contribution < -0.4 is 5.73 Å². The van der Waals surface area contributed by atoms with Crippen LogP contribution in [-0.2, 0) is 17.3 Å². The Morgan fingerprint density at radius 2 is 2.29 bits per heavy atom. The van der Waals surface area contributed by atoms with Crippen molar-refractivity contribution >= 4 is 32.4 Å². The van der Waals surface area contributed by atoms with Crippen LogP contribution in [0.15, 0.2) is 46.0 Å². The fraction of sp³-hybridized carbons (Fsp3) is 0.182. The molecular weight excluding hydrogens is 302 g/mol. The van der Waals surface area contributed by atoms with Gasteiger partial charge in [-0.2, -0.15) is 5.10 Å². The first kappa shape index (κ1) is 12.3. The van der Waals surface area contributed by atoms with Gasteiger partial charge in [0.2, 0.25) is 0 Å². The third kappa shape index (κ3) is 3.17. The minimum atomic E-state index is -1.05. The molecule has 0 aliphatic heterocycles. The highest BCUT2D eigenvalue weighted by Crippen LogP contribution is 2.23. The number of anilines is 1. The first-order valence-electron chi connectivity index (χ1n) is 5.07. The molecule has 90 valence electrons. The van der Waals surface area contributed by atoms with Crippen molar-refractivity contribution in [2.24, 2.45) is 0 Å². The maximum Gasteiger partial charge on any atom is 0.0559 e. The molecule has 1 unspecified atom stereocenters. The van der Waals surface area contributed by atoms with Crippen LogP contribution in [0.4, 0.5) is 5.69 Å². The summed E-state index contributed by atoms with van der Waals surface area (Å²) < 4.78 is 14.6. The summed E-state index contributed by atoms with van der Waals surface area (Å²) in [6.07, 6.45) is 3.57. The van der Waals surface area contributed by atoms with Crippen LogP contribution in [0.2, 0.25) is 0 Å². The Morgan fingerprint density at radius 1 is 1.47 bits per heavy atom. The second kappa shape index (κ2) is 5.46. The highest BCUT2D eigenvalue weighted by atomic mass is 79.9. The Kier molecular flexibility index (Phi) is 3.96. The number of hydrogen-bond acceptors (Lipinski definition) is 3. The molecule has 0 bridgehead atoms. The van der Waals surface area contributed by atoms with E-state index in [1.807, 2.05) is 12.3 Å². The van der Waals surface area contributed by atoms with Gasteiger partial charge in [0, 0.05) is 28.3 Å². The van der Waals surface area contributed by atoms with Crippen LogP contribution >= 0.6 is 15.9 Å². The van der Waals surface area contributed by atoms with Gasteiger partial charge in [-0.25, -0.2) is 0 Å². The fourth-order valence-corrected chi connectivity index (χ4v) is 3.43. The van der Waals surface area contributed by atoms with E-state index in [0.717, 1.165) is 9.37 Å². The van der Waals surface area contributed by atoms with Gasteiger partial charge in [-0.15, -0.1) is 0 Å². The van der Waals surface area contributed by atoms with Crippen molar-refractivity contribution in [3.8, 4) is 0 Å². The summed E-state index contributed by atoms with van der Waals surface area (Å²) in [6.45, 7) is 0.635. The minimum absolute atomic E-state index is 0.532. The lowest BCUT2D eigenvalue weighted by Crippen LogP contribution is -2.08. The molecule has 0 fully saturated rings. The molecule has 2 rings (SSSR count). The van der Waals surface area contributed by atoms with Crippen molar-refractivity contribution in [2.75, 3.05) is 11.5 Å². The lowest BCUT2D eigenvalue weighted by atomic mass is 10.3. The summed E-state index contributed by atoms with van der Waals surface area (Å²) in [5.41, 5.74) is 6.29. The number of nitrogens with two attached hydrogens (primary N) is 1. The van der Waals surface area contributed by atoms with Gasteiger partial charge in [-0.1, -0.05) is 0 Å². The summed E-state index contributed by atoms with van der Waals surface area (Å²) in [6, 6.07) is 7.16. The Labute approximate surface area is 110 Å². The van der Waals surface area contributed by atoms with Crippen LogP contribution in [0.25, 0.3) is 0 Å². The Bertz CT molecular complexity index is 528. The number of aromatic nitrogens is 2. The van der Waals surface area contributed by atoms with Crippen molar-refractivity contribution in [3.63, 3.8) is 0 Å². The zero-order valence-corrected chi connectivity index (χ0v) is 11.4. The summed E-state index contributed by atoms with van der Waals surface area (Å²) >= 11 is 3.37. The monoisotopic (exact) mass is 313 g/mol. The van der Waals surface area contributed by atoms with E-state index >= 15 is 0 Å². The van der Waals surface area contributed by atoms with Gasteiger partial charge in [-0.05, 0) is 40.2 Å². The van der Waals surface area contributed by atoms with Crippen molar-refractivity contribution in [2.45, 2.75) is 11.4 Å². The number of hydrogen-bond donors (Lipinski definition) is 1. The summed E-state index contributed by atoms with van der Waals surface area (Å²) in [5, 5.41) is 4.07. The van der Waals surface area contributed by atoms with E-state index in [0.29, 0.717) is 18.0 Å². The Hall–Kier alpha value is -1.14. The molecule has 1 aromatic carbocycles. The average molecular weight is 314 g/mol. The van der Waals surface area contributed by atoms with E-state index in [1.165, 1.54) is 0 Å². The molecule has 6 heteroatoms. The number of halogens is 1. The largest absolute Gasteiger partial charge is 0.399 e. The van der Waals surface area contributed by atoms with E-state index in [2.05, 4.69) is 21.0 Å². The topological polar surface area (TPSA) is 60.9 Å². The van der Waals surface area contributed by atoms with Gasteiger partial charge in [0.05, 0.1) is 22.2 Å². The molecule has 1 heterocycles. The molecule has 2 N–H and O–H groups in total. The van der Waals surface area contributed by atoms with Gasteiger partial charge in [0.1, 0.15) is 0 Å². The molecule has 1 aromatic heterocycles. The molecule has 1 atom stereocenters. The molecule has 0 spiro atoms. The van der Waals surface area contributed by atoms with Crippen molar-refractivity contribution < 1.29 is 4.21 Å². The molecular formula is C11H12BrN3OS. The number of rotatable bonds is 4. The molecule has 17 heavy (non-hydrogen) atoms. The van der Waals surface area contributed by atoms with E-state index in [1.54, 1.807) is 29.1 Å². The average Bonchev–Trinajstić information content (AvgIpc) is 2.78. The van der Waals surface area contributed by atoms with Crippen molar-refractivity contribution in [3.05, 3.63) is 41.1 Å². The quantitative estimate of drug-likeness (QED) is 0.879. The summed E-state index contributed by atoms with van der Waals surface area (Å²) in [5.74, 6) is 0.532. The third-order valence-electron chi connectivity index (χ3n) is 2.27. The van der Waals surface area contributed by atoms with Gasteiger partial charge in [0.25, 0.3) is 0 Å². The highest BCUT2D eigenvalue weighted by Gasteiger charge is 2.08. The first-order chi connectivity index (χ1) is 8.16. The zero-order valence-electron chi connectivity index (χ0n) is 9.04. The Morgan fingerprint density at radius 3 is 2.94 bits per heavy atom. The van der Waals surface area contributed by atoms with E-state index in [4.69, 9.17) is 5.73 Å². The maximum absolute atomic E-state index is 12.1. The van der Waals surface area contributed by atoms with Crippen LogP contribution in [0, 0.1) is 0 Å². The summed E-state index contributed by atoms with van der Waals surface area (Å²) in [4.78, 5) is 0.770. The molecule has 0 saturated carbocycles. The van der Waals surface area contributed by atoms with Crippen LogP contribution in [0.5, 0.6) is 0 Å². The van der Waals surface area contributed by atoms with Gasteiger partial charge in [0.15, 0.2) is 0 Å². The zero-order chi connectivity index (χ0) is 12.3. The van der Waals surface area contributed by atoms with Gasteiger partial charge in [-0.3, -0.25) is 8.89 Å². The fourth-order valence-electron chi connectivity index (χ4n) is 1.42. The second-order valence-corrected chi connectivity index (χ2v) is 5.90. The number of aryl methyl sites for hydroxylation is 1. The lowest BCUT2D eigenvalue weighted by Gasteiger charge is -2.06. The molecule has 0 saturated heterocycles. The molecule has 0 amide bonds. The molecule has 2 aromatic rings. The molecule has 4 nitrogen and oxygen atoms in total. The van der Waals surface area contributed by atoms with E-state index in [9.17, 15) is 4.21 Å². The van der Waals surface area contributed by atoms with Crippen LogP contribution in [-0.4, -0.2) is 19.7 Å². The van der Waals surface area contributed by atoms with Crippen LogP contribution in [0.1, 0.15) is 0 Å². The second-order valence-electron chi connectivity index (χ2n) is 3.51. The highest BCUT2D eigenvalue weighted by molar-refractivity contribution is 9.10. The predicted octanol–water partition coefficient (Wildman–Crippen LogP) is 2.04. The molecule has 0 aliphatic rings. The maximum atomic E-state index is 12.1. The van der Waals surface area contributed by atoms with Gasteiger partial charge < -0.3 is 5.73 Å². The number of nitrogens with zero attached hydrogens (tertiary/aromatic N) is 2. The van der Waals surface area contributed by atoms with Crippen molar-refractivity contribution in [1.29, 1.82) is 0 Å². The van der Waals surface area contributed by atoms with E-state index in [-0.39, 0.29) is 0 Å². The summed E-state index contributed by atoms with van der Waals surface area (Å²) in [7, 11) is -1.05. The standard InChI is InChI=1S/C11H12BrN3OS/c12-10-8-9(13)2-3-11(10)17(16)7-6-15-5-1-4-14-15/h1-5,8H,6-7,13H2. The normalized spacial score (nSPS) is 12.5. The molecule has 0 radical (unpaired) electrons. The smallest absolute Gasteiger partial charge is 0.0559 e. The van der Waals surface area contributed by atoms with Crippen molar-refractivity contribution in [1.82, 2.24) is 9.78 Å². The third-order valence-corrected chi connectivity index (χ3v) is 4.58. The van der Waals surface area contributed by atoms with Crippen LogP contribution in [0.3, 0.4) is 0 Å². The van der Waals surface area contributed by atoms with Gasteiger partial charge >= 0.3 is 0 Å². The van der Waals surface area contributed by atoms with E-state index < -0.39 is 10.8 Å². The predicted molar refractivity (Wildman–Crippen MR) is 72.1 cm³/mol. The number of nitrogen functional groups attached to an aromatic ring is 1. The number of benzene rings is 1. The lowest BCUT2D eigenvalue weighted by molar-refractivity contribution is 0.644.